The summed E-state index contributed by atoms with van der Waals surface area (Å²) >= 11 is 0. The molecule has 4 heteroatoms. The van der Waals surface area contributed by atoms with Crippen molar-refractivity contribution in [2.24, 2.45) is 5.92 Å². The van der Waals surface area contributed by atoms with E-state index in [4.69, 9.17) is 4.74 Å². The maximum atomic E-state index is 5.72. The summed E-state index contributed by atoms with van der Waals surface area (Å²) in [7, 11) is 0. The average Bonchev–Trinajstić information content (AvgIpc) is 2.36. The van der Waals surface area contributed by atoms with Crippen LogP contribution in [-0.4, -0.2) is 22.6 Å². The quantitative estimate of drug-likeness (QED) is 0.779. The molecule has 4 nitrogen and oxygen atoms in total. The Labute approximate surface area is 117 Å². The van der Waals surface area contributed by atoms with Crippen LogP contribution in [-0.2, 0) is 6.42 Å². The molecule has 1 unspecified atom stereocenters. The summed E-state index contributed by atoms with van der Waals surface area (Å²) in [4.78, 5) is 8.99. The molecular formula is C15H27N3O. The van der Waals surface area contributed by atoms with E-state index in [0.717, 1.165) is 30.9 Å². The number of hydrogen-bond donors (Lipinski definition) is 1. The largest absolute Gasteiger partial charge is 0.477 e. The minimum atomic E-state index is 0.405. The lowest BCUT2D eigenvalue weighted by Gasteiger charge is -2.15. The van der Waals surface area contributed by atoms with E-state index in [0.29, 0.717) is 24.4 Å². The van der Waals surface area contributed by atoms with Crippen LogP contribution in [0.25, 0.3) is 0 Å². The molecule has 0 spiro atoms. The van der Waals surface area contributed by atoms with Gasteiger partial charge in [-0.1, -0.05) is 27.7 Å². The normalized spacial score (nSPS) is 12.5. The zero-order chi connectivity index (χ0) is 14.3. The fourth-order valence-electron chi connectivity index (χ4n) is 1.56. The van der Waals surface area contributed by atoms with Crippen LogP contribution in [0.2, 0.25) is 0 Å². The van der Waals surface area contributed by atoms with Crippen LogP contribution >= 0.6 is 0 Å². The second kappa shape index (κ2) is 7.97. The van der Waals surface area contributed by atoms with Crippen LogP contribution in [0.3, 0.4) is 0 Å². The van der Waals surface area contributed by atoms with Crippen molar-refractivity contribution in [3.63, 3.8) is 0 Å². The van der Waals surface area contributed by atoms with Crippen LogP contribution in [0.1, 0.15) is 53.3 Å². The van der Waals surface area contributed by atoms with Crippen LogP contribution in [0.5, 0.6) is 5.88 Å². The van der Waals surface area contributed by atoms with E-state index in [2.05, 4.69) is 49.9 Å². The van der Waals surface area contributed by atoms with Crippen molar-refractivity contribution < 1.29 is 4.74 Å². The van der Waals surface area contributed by atoms with E-state index in [-0.39, 0.29) is 0 Å². The average molecular weight is 265 g/mol. The molecule has 19 heavy (non-hydrogen) atoms. The minimum absolute atomic E-state index is 0.405. The van der Waals surface area contributed by atoms with Gasteiger partial charge in [0.05, 0.1) is 6.61 Å². The van der Waals surface area contributed by atoms with Crippen molar-refractivity contribution in [3.8, 4) is 5.88 Å². The first-order chi connectivity index (χ1) is 9.05. The second-order valence-corrected chi connectivity index (χ2v) is 5.42. The van der Waals surface area contributed by atoms with Gasteiger partial charge in [-0.25, -0.2) is 4.98 Å². The third kappa shape index (κ3) is 5.90. The molecule has 1 aromatic rings. The Balaban J connectivity index is 2.83. The lowest BCUT2D eigenvalue weighted by atomic mass is 10.2. The van der Waals surface area contributed by atoms with Crippen LogP contribution in [0.15, 0.2) is 6.07 Å². The van der Waals surface area contributed by atoms with E-state index in [1.807, 2.05) is 6.07 Å². The topological polar surface area (TPSA) is 47.0 Å². The van der Waals surface area contributed by atoms with Gasteiger partial charge in [0.15, 0.2) is 0 Å². The zero-order valence-corrected chi connectivity index (χ0v) is 12.9. The van der Waals surface area contributed by atoms with Crippen molar-refractivity contribution in [1.82, 2.24) is 9.97 Å². The number of ether oxygens (including phenoxy) is 1. The molecule has 0 bridgehead atoms. The molecule has 0 radical (unpaired) electrons. The molecule has 0 aliphatic rings. The minimum Gasteiger partial charge on any atom is -0.477 e. The van der Waals surface area contributed by atoms with Crippen molar-refractivity contribution in [3.05, 3.63) is 11.9 Å². The smallest absolute Gasteiger partial charge is 0.218 e. The maximum absolute atomic E-state index is 5.72. The highest BCUT2D eigenvalue weighted by molar-refractivity contribution is 5.39. The molecule has 108 valence electrons. The Kier molecular flexibility index (Phi) is 6.60. The van der Waals surface area contributed by atoms with Gasteiger partial charge in [0.2, 0.25) is 5.88 Å². The molecule has 1 atom stereocenters. The number of nitrogens with one attached hydrogen (secondary N) is 1. The summed E-state index contributed by atoms with van der Waals surface area (Å²) in [5.41, 5.74) is 0. The van der Waals surface area contributed by atoms with Crippen molar-refractivity contribution in [1.29, 1.82) is 0 Å². The number of hydrogen-bond acceptors (Lipinski definition) is 4. The molecule has 0 saturated carbocycles. The summed E-state index contributed by atoms with van der Waals surface area (Å²) < 4.78 is 5.72. The van der Waals surface area contributed by atoms with Gasteiger partial charge >= 0.3 is 0 Å². The Morgan fingerprint density at radius 1 is 1.21 bits per heavy atom. The van der Waals surface area contributed by atoms with E-state index in [1.165, 1.54) is 0 Å². The van der Waals surface area contributed by atoms with Gasteiger partial charge in [-0.3, -0.25) is 0 Å². The first kappa shape index (κ1) is 15.7. The van der Waals surface area contributed by atoms with Gasteiger partial charge in [-0.15, -0.1) is 0 Å². The predicted molar refractivity (Wildman–Crippen MR) is 79.7 cm³/mol. The molecule has 0 fully saturated rings. The third-order valence-corrected chi connectivity index (χ3v) is 2.79. The molecule has 1 N–H and O–H groups in total. The summed E-state index contributed by atoms with van der Waals surface area (Å²) in [6, 6.07) is 2.30. The van der Waals surface area contributed by atoms with Gasteiger partial charge in [-0.05, 0) is 25.7 Å². The Hall–Kier alpha value is -1.32. The standard InChI is InChI=1S/C15H27N3O/c1-6-8-13-17-14(16-12(5)7-2)9-15(18-13)19-10-11(3)4/h9,11-12H,6-8,10H2,1-5H3,(H,16,17,18). The Morgan fingerprint density at radius 2 is 1.95 bits per heavy atom. The van der Waals surface area contributed by atoms with E-state index in [9.17, 15) is 0 Å². The zero-order valence-electron chi connectivity index (χ0n) is 12.9. The van der Waals surface area contributed by atoms with Gasteiger partial charge in [0, 0.05) is 18.5 Å². The van der Waals surface area contributed by atoms with Crippen LogP contribution in [0, 0.1) is 5.92 Å². The van der Waals surface area contributed by atoms with Gasteiger partial charge < -0.3 is 10.1 Å². The molecule has 1 rings (SSSR count). The Morgan fingerprint density at radius 3 is 2.53 bits per heavy atom. The number of aromatic nitrogens is 2. The van der Waals surface area contributed by atoms with Crippen molar-refractivity contribution in [2.75, 3.05) is 11.9 Å². The number of nitrogens with zero attached hydrogens (tertiary/aromatic N) is 2. The summed E-state index contributed by atoms with van der Waals surface area (Å²) in [5.74, 6) is 2.90. The summed E-state index contributed by atoms with van der Waals surface area (Å²) in [6.07, 6.45) is 2.99. The molecule has 0 aliphatic carbocycles. The van der Waals surface area contributed by atoms with Gasteiger partial charge in [-0.2, -0.15) is 4.98 Å². The number of rotatable bonds is 8. The summed E-state index contributed by atoms with van der Waals surface area (Å²) in [5, 5.41) is 3.39. The van der Waals surface area contributed by atoms with Crippen molar-refractivity contribution >= 4 is 5.82 Å². The SMILES string of the molecule is CCCc1nc(NC(C)CC)cc(OCC(C)C)n1. The molecule has 0 aromatic carbocycles. The fourth-order valence-corrected chi connectivity index (χ4v) is 1.56. The molecule has 0 saturated heterocycles. The van der Waals surface area contributed by atoms with Crippen LogP contribution < -0.4 is 10.1 Å². The second-order valence-electron chi connectivity index (χ2n) is 5.42. The van der Waals surface area contributed by atoms with Crippen molar-refractivity contribution in [2.45, 2.75) is 59.9 Å². The highest BCUT2D eigenvalue weighted by atomic mass is 16.5. The molecule has 0 amide bonds. The van der Waals surface area contributed by atoms with E-state index >= 15 is 0 Å². The number of aryl methyl sites for hydroxylation is 1. The van der Waals surface area contributed by atoms with Gasteiger partial charge in [0.25, 0.3) is 0 Å². The monoisotopic (exact) mass is 265 g/mol. The Bertz CT molecular complexity index is 380. The van der Waals surface area contributed by atoms with Crippen LogP contribution in [0.4, 0.5) is 5.82 Å². The summed E-state index contributed by atoms with van der Waals surface area (Å²) in [6.45, 7) is 11.4. The predicted octanol–water partition coefficient (Wildman–Crippen LogP) is 3.67. The molecular weight excluding hydrogens is 238 g/mol. The third-order valence-electron chi connectivity index (χ3n) is 2.79. The maximum Gasteiger partial charge on any atom is 0.218 e. The molecule has 0 aliphatic heterocycles. The lowest BCUT2D eigenvalue weighted by molar-refractivity contribution is 0.260. The molecule has 1 aromatic heterocycles. The highest BCUT2D eigenvalue weighted by Crippen LogP contribution is 2.16. The fraction of sp³-hybridized carbons (Fsp3) is 0.733. The number of anilines is 1. The van der Waals surface area contributed by atoms with E-state index < -0.39 is 0 Å². The molecule has 1 heterocycles. The lowest BCUT2D eigenvalue weighted by Crippen LogP contribution is -2.16. The first-order valence-electron chi connectivity index (χ1n) is 7.32. The first-order valence-corrected chi connectivity index (χ1v) is 7.32. The van der Waals surface area contributed by atoms with Gasteiger partial charge in [0.1, 0.15) is 11.6 Å². The van der Waals surface area contributed by atoms with E-state index in [1.54, 1.807) is 0 Å². The highest BCUT2D eigenvalue weighted by Gasteiger charge is 2.08.